The van der Waals surface area contributed by atoms with E-state index in [9.17, 15) is 14.0 Å². The van der Waals surface area contributed by atoms with Crippen LogP contribution in [0.4, 0.5) is 21.6 Å². The predicted molar refractivity (Wildman–Crippen MR) is 149 cm³/mol. The van der Waals surface area contributed by atoms with E-state index in [-0.39, 0.29) is 16.7 Å². The van der Waals surface area contributed by atoms with Crippen LogP contribution in [0.2, 0.25) is 5.02 Å². The molecule has 0 spiro atoms. The summed E-state index contributed by atoms with van der Waals surface area (Å²) >= 11 is 14.1. The molecule has 13 heteroatoms. The summed E-state index contributed by atoms with van der Waals surface area (Å²) in [6.45, 7) is 5.01. The summed E-state index contributed by atoms with van der Waals surface area (Å²) in [6, 6.07) is 9.53. The van der Waals surface area contributed by atoms with Gasteiger partial charge in [-0.25, -0.2) is 19.0 Å². The number of carbonyl (C=O) groups excluding carboxylic acids is 2. The molecule has 0 unspecified atom stereocenters. The fraction of sp³-hybridized carbons (Fsp3) is 0.250. The third kappa shape index (κ3) is 6.32. The van der Waals surface area contributed by atoms with E-state index >= 15 is 0 Å². The van der Waals surface area contributed by atoms with Crippen LogP contribution in [0.15, 0.2) is 47.1 Å². The van der Waals surface area contributed by atoms with Gasteiger partial charge in [0.1, 0.15) is 29.3 Å². The minimum Gasteiger partial charge on any atom is -0.340 e. The molecule has 8 nitrogen and oxygen atoms in total. The van der Waals surface area contributed by atoms with Crippen LogP contribution in [0.1, 0.15) is 27.2 Å². The lowest BCUT2D eigenvalue weighted by atomic mass is 10.0. The number of Topliss-reactive ketones (excluding diaryl/α,β-unsaturated/α-hetero) is 1. The molecule has 0 saturated heterocycles. The lowest BCUT2D eigenvalue weighted by Crippen LogP contribution is -2.41. The average molecular weight is 577 g/mol. The van der Waals surface area contributed by atoms with Gasteiger partial charge in [-0.3, -0.25) is 9.59 Å². The molecule has 4 aromatic rings. The number of hydrogen-bond acceptors (Lipinski definition) is 9. The summed E-state index contributed by atoms with van der Waals surface area (Å²) in [5.41, 5.74) is 0.647. The largest absolute Gasteiger partial charge is 0.340 e. The van der Waals surface area contributed by atoms with Crippen LogP contribution in [0.3, 0.4) is 0 Å². The number of anilines is 3. The summed E-state index contributed by atoms with van der Waals surface area (Å²) in [5, 5.41) is 11.2. The average Bonchev–Trinajstić information content (AvgIpc) is 3.22. The van der Waals surface area contributed by atoms with Crippen LogP contribution in [-0.4, -0.2) is 37.2 Å². The van der Waals surface area contributed by atoms with Crippen molar-refractivity contribution in [2.75, 3.05) is 16.4 Å². The molecule has 0 bridgehead atoms. The van der Waals surface area contributed by atoms with Crippen molar-refractivity contribution in [1.82, 2.24) is 19.7 Å². The molecular formula is C24H22ClFN6O2S3. The smallest absolute Gasteiger partial charge is 0.251 e. The lowest BCUT2D eigenvalue weighted by Gasteiger charge is -2.24. The number of nitrogens with one attached hydrogen (secondary N) is 2. The Morgan fingerprint density at radius 2 is 1.95 bits per heavy atom. The molecule has 2 aromatic heterocycles. The maximum absolute atomic E-state index is 13.5. The van der Waals surface area contributed by atoms with Crippen LogP contribution in [0.5, 0.6) is 0 Å². The molecule has 2 heterocycles. The van der Waals surface area contributed by atoms with E-state index < -0.39 is 11.4 Å². The van der Waals surface area contributed by atoms with Crippen LogP contribution < -0.4 is 10.6 Å². The summed E-state index contributed by atoms with van der Waals surface area (Å²) in [4.78, 5) is 33.1. The first kappa shape index (κ1) is 27.1. The van der Waals surface area contributed by atoms with E-state index in [1.54, 1.807) is 45.0 Å². The molecule has 1 amide bonds. The Balaban J connectivity index is 1.56. The zero-order valence-corrected chi connectivity index (χ0v) is 23.2. The highest BCUT2D eigenvalue weighted by Crippen LogP contribution is 2.30. The Labute approximate surface area is 230 Å². The highest BCUT2D eigenvalue weighted by atomic mass is 35.5. The normalized spacial score (nSPS) is 11.5. The second-order valence-electron chi connectivity index (χ2n) is 8.57. The number of thioether (sulfide) groups is 1. The quantitative estimate of drug-likeness (QED) is 0.170. The number of rotatable bonds is 9. The lowest BCUT2D eigenvalue weighted by molar-refractivity contribution is -0.123. The van der Waals surface area contributed by atoms with E-state index in [0.717, 1.165) is 0 Å². The molecule has 192 valence electrons. The first-order chi connectivity index (χ1) is 17.5. The van der Waals surface area contributed by atoms with Crippen molar-refractivity contribution in [2.24, 2.45) is 0 Å². The van der Waals surface area contributed by atoms with Gasteiger partial charge in [-0.15, -0.1) is 0 Å². The number of hydrogen-bond donors (Lipinski definition) is 2. The zero-order chi connectivity index (χ0) is 26.7. The monoisotopic (exact) mass is 576 g/mol. The fourth-order valence-electron chi connectivity index (χ4n) is 3.28. The summed E-state index contributed by atoms with van der Waals surface area (Å²) in [5.74, 6) is 0.344. The molecule has 0 aliphatic heterocycles. The minimum atomic E-state index is -1.08. The van der Waals surface area contributed by atoms with Gasteiger partial charge in [0.2, 0.25) is 0 Å². The number of fused-ring (bicyclic) bond motifs is 1. The van der Waals surface area contributed by atoms with Crippen LogP contribution >= 0.6 is 46.9 Å². The molecule has 0 radical (unpaired) electrons. The number of aromatic nitrogens is 4. The van der Waals surface area contributed by atoms with E-state index in [2.05, 4.69) is 25.7 Å². The molecule has 0 fully saturated rings. The summed E-state index contributed by atoms with van der Waals surface area (Å²) in [7, 11) is 0. The number of amides is 1. The van der Waals surface area contributed by atoms with Crippen molar-refractivity contribution in [2.45, 2.75) is 37.1 Å². The van der Waals surface area contributed by atoms with Crippen LogP contribution in [-0.2, 0) is 15.1 Å². The molecule has 2 aromatic carbocycles. The summed E-state index contributed by atoms with van der Waals surface area (Å²) < 4.78 is 16.2. The van der Waals surface area contributed by atoms with Crippen molar-refractivity contribution in [3.05, 3.63) is 57.5 Å². The Morgan fingerprint density at radius 1 is 1.19 bits per heavy atom. The van der Waals surface area contributed by atoms with Gasteiger partial charge in [0, 0.05) is 28.9 Å². The van der Waals surface area contributed by atoms with Crippen molar-refractivity contribution in [3.63, 3.8) is 0 Å². The Kier molecular flexibility index (Phi) is 8.22. The summed E-state index contributed by atoms with van der Waals surface area (Å²) in [6.07, 6.45) is 1.85. The minimum absolute atomic E-state index is 0.0143. The van der Waals surface area contributed by atoms with Crippen molar-refractivity contribution >= 4 is 86.7 Å². The molecule has 4 rings (SSSR count). The molecular weight excluding hydrogens is 555 g/mol. The molecule has 0 aliphatic carbocycles. The second-order valence-corrected chi connectivity index (χ2v) is 11.9. The van der Waals surface area contributed by atoms with E-state index in [0.29, 0.717) is 48.6 Å². The molecule has 0 saturated carbocycles. The van der Waals surface area contributed by atoms with Gasteiger partial charge < -0.3 is 10.6 Å². The Morgan fingerprint density at radius 3 is 2.68 bits per heavy atom. The maximum atomic E-state index is 13.5. The van der Waals surface area contributed by atoms with Crippen molar-refractivity contribution in [1.29, 1.82) is 0 Å². The Bertz CT molecular complexity index is 1560. The van der Waals surface area contributed by atoms with Gasteiger partial charge >= 0.3 is 0 Å². The topological polar surface area (TPSA) is 102 Å². The standard InChI is InChI=1S/C24H22ClFN6O2S3/c1-13(33)8-9-36-22-31-32(23(35)37-22)24(2,3)21(34)30-14-5-7-19-16(10-14)20(28-12-27-19)29-15-4-6-18(26)17(25)11-15/h4-7,10-12H,8-9H2,1-3H3,(H,30,34)(H,27,28,29). The van der Waals surface area contributed by atoms with E-state index in [1.807, 2.05) is 0 Å². The first-order valence-corrected chi connectivity index (χ1v) is 13.6. The number of benzene rings is 2. The predicted octanol–water partition coefficient (Wildman–Crippen LogP) is 6.60. The number of carbonyl (C=O) groups is 2. The number of ketones is 1. The number of halogens is 2. The first-order valence-electron chi connectivity index (χ1n) is 11.1. The Hall–Kier alpha value is -2.93. The van der Waals surface area contributed by atoms with Gasteiger partial charge in [0.15, 0.2) is 8.29 Å². The molecule has 2 N–H and O–H groups in total. The molecule has 0 atom stereocenters. The molecule has 0 aliphatic rings. The SMILES string of the molecule is CC(=O)CCSc1nn(C(C)(C)C(=O)Nc2ccc3ncnc(Nc4ccc(F)c(Cl)c4)c3c2)c(=S)s1. The van der Waals surface area contributed by atoms with Gasteiger partial charge in [0.05, 0.1) is 10.5 Å². The number of nitrogens with zero attached hydrogens (tertiary/aromatic N) is 4. The van der Waals surface area contributed by atoms with Crippen molar-refractivity contribution < 1.29 is 14.0 Å². The van der Waals surface area contributed by atoms with Crippen LogP contribution in [0.25, 0.3) is 10.9 Å². The van der Waals surface area contributed by atoms with Gasteiger partial charge in [-0.2, -0.15) is 5.10 Å². The highest BCUT2D eigenvalue weighted by molar-refractivity contribution is 8.01. The second kappa shape index (κ2) is 11.2. The highest BCUT2D eigenvalue weighted by Gasteiger charge is 2.32. The fourth-order valence-corrected chi connectivity index (χ4v) is 6.18. The van der Waals surface area contributed by atoms with E-state index in [1.165, 1.54) is 46.2 Å². The molecule has 37 heavy (non-hydrogen) atoms. The maximum Gasteiger partial charge on any atom is 0.251 e. The zero-order valence-electron chi connectivity index (χ0n) is 20.0. The van der Waals surface area contributed by atoms with Gasteiger partial charge in [-0.1, -0.05) is 34.7 Å². The van der Waals surface area contributed by atoms with Crippen molar-refractivity contribution in [3.8, 4) is 0 Å². The van der Waals surface area contributed by atoms with Gasteiger partial charge in [-0.05, 0) is 69.4 Å². The van der Waals surface area contributed by atoms with E-state index in [4.69, 9.17) is 23.8 Å². The third-order valence-corrected chi connectivity index (χ3v) is 8.03. The van der Waals surface area contributed by atoms with Crippen LogP contribution in [0, 0.1) is 9.77 Å². The third-order valence-electron chi connectivity index (χ3n) is 5.37. The van der Waals surface area contributed by atoms with Gasteiger partial charge in [0.25, 0.3) is 5.91 Å².